The Kier molecular flexibility index (Phi) is 4.24. The molecule has 0 bridgehead atoms. The van der Waals surface area contributed by atoms with Crippen LogP contribution in [0.4, 0.5) is 8.78 Å². The summed E-state index contributed by atoms with van der Waals surface area (Å²) in [6.07, 6.45) is -0.0924. The van der Waals surface area contributed by atoms with E-state index in [2.05, 4.69) is 0 Å². The third-order valence-corrected chi connectivity index (χ3v) is 3.52. The number of hydrogen-bond acceptors (Lipinski definition) is 3. The lowest BCUT2D eigenvalue weighted by molar-refractivity contribution is 0.0638. The van der Waals surface area contributed by atoms with Crippen molar-refractivity contribution in [1.29, 1.82) is 0 Å². The van der Waals surface area contributed by atoms with Gasteiger partial charge in [0, 0.05) is 13.1 Å². The molecule has 1 aliphatic rings. The van der Waals surface area contributed by atoms with Crippen LogP contribution in [0, 0.1) is 11.6 Å². The van der Waals surface area contributed by atoms with Crippen LogP contribution in [-0.4, -0.2) is 31.2 Å². The number of para-hydroxylation sites is 2. The van der Waals surface area contributed by atoms with Crippen LogP contribution >= 0.6 is 0 Å². The molecular weight excluding hydrogens is 288 g/mol. The lowest BCUT2D eigenvalue weighted by atomic mass is 10.2. The highest BCUT2D eigenvalue weighted by atomic mass is 19.2. The molecule has 3 rings (SSSR count). The molecule has 0 radical (unpaired) electrons. The van der Waals surface area contributed by atoms with E-state index in [1.54, 1.807) is 6.07 Å². The normalized spacial score (nSPS) is 16.8. The Balaban J connectivity index is 1.58. The van der Waals surface area contributed by atoms with E-state index in [9.17, 15) is 8.78 Å². The van der Waals surface area contributed by atoms with Crippen molar-refractivity contribution in [3.63, 3.8) is 0 Å². The first kappa shape index (κ1) is 14.8. The second kappa shape index (κ2) is 6.32. The molecule has 0 amide bonds. The highest BCUT2D eigenvalue weighted by Gasteiger charge is 2.21. The lowest BCUT2D eigenvalue weighted by Gasteiger charge is -2.29. The van der Waals surface area contributed by atoms with Crippen LogP contribution in [0.15, 0.2) is 42.5 Å². The zero-order valence-electron chi connectivity index (χ0n) is 12.3. The molecule has 2 aromatic rings. The van der Waals surface area contributed by atoms with Crippen LogP contribution in [0.25, 0.3) is 0 Å². The molecule has 1 unspecified atom stereocenters. The van der Waals surface area contributed by atoms with E-state index in [1.165, 1.54) is 6.07 Å². The minimum atomic E-state index is -0.827. The Bertz CT molecular complexity index is 663. The van der Waals surface area contributed by atoms with Crippen molar-refractivity contribution in [2.75, 3.05) is 20.2 Å². The van der Waals surface area contributed by atoms with E-state index >= 15 is 0 Å². The number of halogens is 2. The quantitative estimate of drug-likeness (QED) is 0.865. The summed E-state index contributed by atoms with van der Waals surface area (Å²) in [6, 6.07) is 11.5. The summed E-state index contributed by atoms with van der Waals surface area (Å²) in [5.41, 5.74) is 0.721. The van der Waals surface area contributed by atoms with E-state index in [0.29, 0.717) is 19.7 Å². The first-order chi connectivity index (χ1) is 10.6. The largest absolute Gasteiger partial charge is 0.486 e. The smallest absolute Gasteiger partial charge is 0.161 e. The van der Waals surface area contributed by atoms with Gasteiger partial charge in [-0.15, -0.1) is 0 Å². The predicted molar refractivity (Wildman–Crippen MR) is 79.0 cm³/mol. The van der Waals surface area contributed by atoms with Crippen LogP contribution in [0.2, 0.25) is 0 Å². The topological polar surface area (TPSA) is 21.7 Å². The van der Waals surface area contributed by atoms with Crippen molar-refractivity contribution < 1.29 is 18.3 Å². The molecule has 3 nitrogen and oxygen atoms in total. The molecule has 116 valence electrons. The fraction of sp³-hybridized carbons (Fsp3) is 0.294. The molecule has 0 spiro atoms. The van der Waals surface area contributed by atoms with E-state index in [4.69, 9.17) is 9.47 Å². The van der Waals surface area contributed by atoms with E-state index in [1.807, 2.05) is 36.2 Å². The van der Waals surface area contributed by atoms with Gasteiger partial charge in [0.05, 0.1) is 0 Å². The summed E-state index contributed by atoms with van der Waals surface area (Å²) >= 11 is 0. The Morgan fingerprint density at radius 2 is 1.86 bits per heavy atom. The molecule has 5 heteroatoms. The summed E-state index contributed by atoms with van der Waals surface area (Å²) in [4.78, 5) is 1.99. The van der Waals surface area contributed by atoms with Gasteiger partial charge in [0.1, 0.15) is 12.7 Å². The minimum absolute atomic E-state index is 0.0924. The Morgan fingerprint density at radius 1 is 1.09 bits per heavy atom. The van der Waals surface area contributed by atoms with Crippen molar-refractivity contribution >= 4 is 0 Å². The summed E-state index contributed by atoms with van der Waals surface area (Å²) in [6.45, 7) is 1.62. The highest BCUT2D eigenvalue weighted by molar-refractivity contribution is 5.40. The van der Waals surface area contributed by atoms with Gasteiger partial charge in [0.15, 0.2) is 23.1 Å². The highest BCUT2D eigenvalue weighted by Crippen LogP contribution is 2.31. The average molecular weight is 305 g/mol. The number of likely N-dealkylation sites (N-methyl/N-ethyl adjacent to an activating group) is 1. The van der Waals surface area contributed by atoms with E-state index < -0.39 is 11.6 Å². The molecule has 1 aliphatic heterocycles. The van der Waals surface area contributed by atoms with Crippen molar-refractivity contribution in [3.8, 4) is 11.5 Å². The van der Waals surface area contributed by atoms with Gasteiger partial charge in [-0.1, -0.05) is 18.2 Å². The SMILES string of the molecule is CN(Cc1ccc(F)c(F)c1)CC1COc2ccccc2O1. The molecule has 0 aliphatic carbocycles. The number of rotatable bonds is 4. The molecule has 2 aromatic carbocycles. The van der Waals surface area contributed by atoms with Crippen LogP contribution in [0.1, 0.15) is 5.56 Å². The standard InChI is InChI=1S/C17H17F2NO2/c1-20(9-12-6-7-14(18)15(19)8-12)10-13-11-21-16-4-2-3-5-17(16)22-13/h2-8,13H,9-11H2,1H3. The zero-order valence-corrected chi connectivity index (χ0v) is 12.3. The van der Waals surface area contributed by atoms with Crippen molar-refractivity contribution in [1.82, 2.24) is 4.90 Å². The van der Waals surface area contributed by atoms with Gasteiger partial charge in [0.25, 0.3) is 0 Å². The minimum Gasteiger partial charge on any atom is -0.486 e. The Hall–Kier alpha value is -2.14. The maximum Gasteiger partial charge on any atom is 0.161 e. The van der Waals surface area contributed by atoms with Gasteiger partial charge in [-0.05, 0) is 36.9 Å². The van der Waals surface area contributed by atoms with Crippen LogP contribution in [-0.2, 0) is 6.54 Å². The maximum absolute atomic E-state index is 13.2. The van der Waals surface area contributed by atoms with Crippen LogP contribution in [0.3, 0.4) is 0 Å². The fourth-order valence-corrected chi connectivity index (χ4v) is 2.51. The lowest BCUT2D eigenvalue weighted by Crippen LogP contribution is -2.39. The van der Waals surface area contributed by atoms with E-state index in [-0.39, 0.29) is 6.10 Å². The fourth-order valence-electron chi connectivity index (χ4n) is 2.51. The summed E-state index contributed by atoms with van der Waals surface area (Å²) in [7, 11) is 1.91. The second-order valence-electron chi connectivity index (χ2n) is 5.44. The van der Waals surface area contributed by atoms with Crippen molar-refractivity contribution in [2.45, 2.75) is 12.6 Å². The molecule has 0 fully saturated rings. The first-order valence-corrected chi connectivity index (χ1v) is 7.13. The number of fused-ring (bicyclic) bond motifs is 1. The Morgan fingerprint density at radius 3 is 2.64 bits per heavy atom. The number of benzene rings is 2. The average Bonchev–Trinajstić information content (AvgIpc) is 2.51. The number of nitrogens with zero attached hydrogens (tertiary/aromatic N) is 1. The summed E-state index contributed by atoms with van der Waals surface area (Å²) < 4.78 is 37.7. The van der Waals surface area contributed by atoms with E-state index in [0.717, 1.165) is 23.1 Å². The third kappa shape index (κ3) is 3.36. The van der Waals surface area contributed by atoms with Crippen molar-refractivity contribution in [3.05, 3.63) is 59.7 Å². The molecule has 0 N–H and O–H groups in total. The molecule has 0 saturated heterocycles. The van der Waals surface area contributed by atoms with Gasteiger partial charge in [-0.25, -0.2) is 8.78 Å². The van der Waals surface area contributed by atoms with Crippen LogP contribution < -0.4 is 9.47 Å². The molecule has 0 aromatic heterocycles. The summed E-state index contributed by atoms with van der Waals surface area (Å²) in [5, 5.41) is 0. The number of ether oxygens (including phenoxy) is 2. The Labute approximate surface area is 128 Å². The first-order valence-electron chi connectivity index (χ1n) is 7.13. The summed E-state index contributed by atoms with van der Waals surface area (Å²) in [5.74, 6) is -0.161. The third-order valence-electron chi connectivity index (χ3n) is 3.52. The predicted octanol–water partition coefficient (Wildman–Crippen LogP) is 3.24. The molecule has 1 atom stereocenters. The molecule has 22 heavy (non-hydrogen) atoms. The molecule has 1 heterocycles. The van der Waals surface area contributed by atoms with Gasteiger partial charge in [-0.2, -0.15) is 0 Å². The maximum atomic E-state index is 13.2. The molecular formula is C17H17F2NO2. The number of hydrogen-bond donors (Lipinski definition) is 0. The monoisotopic (exact) mass is 305 g/mol. The van der Waals surface area contributed by atoms with Gasteiger partial charge in [-0.3, -0.25) is 4.90 Å². The van der Waals surface area contributed by atoms with Crippen molar-refractivity contribution in [2.24, 2.45) is 0 Å². The zero-order chi connectivity index (χ0) is 15.5. The van der Waals surface area contributed by atoms with Gasteiger partial charge < -0.3 is 9.47 Å². The van der Waals surface area contributed by atoms with Gasteiger partial charge >= 0.3 is 0 Å². The van der Waals surface area contributed by atoms with Gasteiger partial charge in [0.2, 0.25) is 0 Å². The van der Waals surface area contributed by atoms with Crippen LogP contribution in [0.5, 0.6) is 11.5 Å². The second-order valence-corrected chi connectivity index (χ2v) is 5.44. The molecule has 0 saturated carbocycles.